The van der Waals surface area contributed by atoms with E-state index in [1.165, 1.54) is 18.5 Å². The zero-order valence-electron chi connectivity index (χ0n) is 13.2. The Kier molecular flexibility index (Phi) is 3.43. The molecule has 3 rings (SSSR count). The predicted octanol–water partition coefficient (Wildman–Crippen LogP) is 3.27. The molecule has 0 aliphatic heterocycles. The van der Waals surface area contributed by atoms with Crippen LogP contribution in [0, 0.1) is 0 Å². The van der Waals surface area contributed by atoms with Gasteiger partial charge in [0, 0.05) is 30.1 Å². The minimum absolute atomic E-state index is 0.0906. The molecule has 0 atom stereocenters. The Bertz CT molecular complexity index is 634. The van der Waals surface area contributed by atoms with Gasteiger partial charge in [0.25, 0.3) is 0 Å². The van der Waals surface area contributed by atoms with E-state index in [4.69, 9.17) is 4.98 Å². The van der Waals surface area contributed by atoms with Crippen molar-refractivity contribution in [3.8, 4) is 5.82 Å². The highest BCUT2D eigenvalue weighted by Gasteiger charge is 2.26. The van der Waals surface area contributed by atoms with E-state index in [0.29, 0.717) is 5.92 Å². The molecular formula is C16H23N5. The summed E-state index contributed by atoms with van der Waals surface area (Å²) < 4.78 is 1.87. The van der Waals surface area contributed by atoms with Crippen molar-refractivity contribution in [2.24, 2.45) is 0 Å². The van der Waals surface area contributed by atoms with Gasteiger partial charge < -0.3 is 5.32 Å². The summed E-state index contributed by atoms with van der Waals surface area (Å²) in [6.07, 6.45) is 4.52. The Morgan fingerprint density at radius 3 is 2.67 bits per heavy atom. The van der Waals surface area contributed by atoms with E-state index in [1.54, 1.807) is 0 Å². The fraction of sp³-hybridized carbons (Fsp3) is 0.562. The van der Waals surface area contributed by atoms with Gasteiger partial charge >= 0.3 is 0 Å². The molecule has 0 saturated heterocycles. The van der Waals surface area contributed by atoms with Crippen molar-refractivity contribution < 1.29 is 0 Å². The summed E-state index contributed by atoms with van der Waals surface area (Å²) >= 11 is 0. The van der Waals surface area contributed by atoms with Gasteiger partial charge in [0.2, 0.25) is 0 Å². The van der Waals surface area contributed by atoms with Crippen molar-refractivity contribution in [2.75, 3.05) is 11.9 Å². The molecule has 2 heterocycles. The fourth-order valence-corrected chi connectivity index (χ4v) is 2.22. The number of anilines is 1. The van der Waals surface area contributed by atoms with Gasteiger partial charge in [-0.1, -0.05) is 20.8 Å². The number of nitrogens with one attached hydrogen (secondary N) is 1. The molecule has 2 aromatic rings. The lowest BCUT2D eigenvalue weighted by molar-refractivity contribution is 0.542. The Labute approximate surface area is 125 Å². The van der Waals surface area contributed by atoms with Crippen molar-refractivity contribution in [2.45, 2.75) is 51.9 Å². The molecule has 1 saturated carbocycles. The molecule has 1 aliphatic carbocycles. The van der Waals surface area contributed by atoms with Gasteiger partial charge in [0.15, 0.2) is 5.82 Å². The Morgan fingerprint density at radius 2 is 2.05 bits per heavy atom. The van der Waals surface area contributed by atoms with Crippen LogP contribution in [0.5, 0.6) is 0 Å². The molecular weight excluding hydrogens is 262 g/mol. The number of aromatic nitrogens is 4. The van der Waals surface area contributed by atoms with Gasteiger partial charge in [-0.15, -0.1) is 0 Å². The zero-order valence-corrected chi connectivity index (χ0v) is 13.2. The van der Waals surface area contributed by atoms with E-state index in [1.807, 2.05) is 16.9 Å². The van der Waals surface area contributed by atoms with E-state index in [9.17, 15) is 0 Å². The van der Waals surface area contributed by atoms with Crippen LogP contribution >= 0.6 is 0 Å². The first-order valence-corrected chi connectivity index (χ1v) is 7.67. The highest BCUT2D eigenvalue weighted by molar-refractivity contribution is 5.42. The zero-order chi connectivity index (χ0) is 15.0. The second-order valence-corrected chi connectivity index (χ2v) is 6.67. The van der Waals surface area contributed by atoms with Crippen LogP contribution in [-0.2, 0) is 5.41 Å². The van der Waals surface area contributed by atoms with Gasteiger partial charge in [0.05, 0.1) is 5.69 Å². The molecule has 1 N–H and O–H groups in total. The molecule has 0 radical (unpaired) electrons. The smallest absolute Gasteiger partial charge is 0.159 e. The molecule has 1 aliphatic rings. The second-order valence-electron chi connectivity index (χ2n) is 6.67. The fourth-order valence-electron chi connectivity index (χ4n) is 2.22. The summed E-state index contributed by atoms with van der Waals surface area (Å²) in [5.74, 6) is 3.18. The van der Waals surface area contributed by atoms with Crippen molar-refractivity contribution >= 4 is 5.82 Å². The van der Waals surface area contributed by atoms with Crippen molar-refractivity contribution in [1.29, 1.82) is 0 Å². The van der Waals surface area contributed by atoms with E-state index in [2.05, 4.69) is 49.2 Å². The van der Waals surface area contributed by atoms with Crippen LogP contribution in [0.4, 0.5) is 5.82 Å². The van der Waals surface area contributed by atoms with Gasteiger partial charge in [-0.3, -0.25) is 0 Å². The molecule has 5 nitrogen and oxygen atoms in total. The molecule has 0 bridgehead atoms. The lowest BCUT2D eigenvalue weighted by Gasteiger charge is -2.18. The minimum Gasteiger partial charge on any atom is -0.370 e. The summed E-state index contributed by atoms with van der Waals surface area (Å²) in [5, 5.41) is 7.95. The Balaban J connectivity index is 2.00. The second kappa shape index (κ2) is 5.13. The molecule has 0 spiro atoms. The normalized spacial score (nSPS) is 15.2. The summed E-state index contributed by atoms with van der Waals surface area (Å²) in [4.78, 5) is 9.31. The number of hydrogen-bond donors (Lipinski definition) is 1. The number of nitrogens with zero attached hydrogens (tertiary/aromatic N) is 4. The minimum atomic E-state index is -0.0906. The van der Waals surface area contributed by atoms with E-state index < -0.39 is 0 Å². The molecule has 0 amide bonds. The number of hydrogen-bond acceptors (Lipinski definition) is 4. The van der Waals surface area contributed by atoms with Crippen molar-refractivity contribution in [3.05, 3.63) is 29.8 Å². The first-order valence-electron chi connectivity index (χ1n) is 7.67. The van der Waals surface area contributed by atoms with Gasteiger partial charge in [-0.2, -0.15) is 5.10 Å². The monoisotopic (exact) mass is 285 g/mol. The Hall–Kier alpha value is -1.91. The first kappa shape index (κ1) is 14.0. The molecule has 5 heteroatoms. The average Bonchev–Trinajstić information content (AvgIpc) is 3.15. The topological polar surface area (TPSA) is 55.6 Å². The van der Waals surface area contributed by atoms with Crippen LogP contribution in [0.2, 0.25) is 0 Å². The quantitative estimate of drug-likeness (QED) is 0.936. The van der Waals surface area contributed by atoms with Crippen LogP contribution in [0.3, 0.4) is 0 Å². The van der Waals surface area contributed by atoms with Crippen LogP contribution in [-0.4, -0.2) is 26.3 Å². The SMILES string of the molecule is CCNc1cc(-n2ccc(C3CC3)n2)nc(C(C)(C)C)n1. The maximum Gasteiger partial charge on any atom is 0.159 e. The van der Waals surface area contributed by atoms with E-state index in [0.717, 1.165) is 24.0 Å². The maximum absolute atomic E-state index is 4.70. The molecule has 112 valence electrons. The van der Waals surface area contributed by atoms with Gasteiger partial charge in [0.1, 0.15) is 11.6 Å². The van der Waals surface area contributed by atoms with Crippen LogP contribution in [0.25, 0.3) is 5.82 Å². The third-order valence-electron chi connectivity index (χ3n) is 3.58. The average molecular weight is 285 g/mol. The van der Waals surface area contributed by atoms with Crippen LogP contribution < -0.4 is 5.32 Å². The summed E-state index contributed by atoms with van der Waals surface area (Å²) in [6.45, 7) is 9.28. The maximum atomic E-state index is 4.70. The predicted molar refractivity (Wildman–Crippen MR) is 84.0 cm³/mol. The number of rotatable bonds is 4. The van der Waals surface area contributed by atoms with Gasteiger partial charge in [-0.25, -0.2) is 14.6 Å². The summed E-state index contributed by atoms with van der Waals surface area (Å²) in [7, 11) is 0. The van der Waals surface area contributed by atoms with Gasteiger partial charge in [-0.05, 0) is 25.8 Å². The lowest BCUT2D eigenvalue weighted by atomic mass is 9.96. The first-order chi connectivity index (χ1) is 9.97. The van der Waals surface area contributed by atoms with Crippen LogP contribution in [0.1, 0.15) is 58.0 Å². The standard InChI is InChI=1S/C16H23N5/c1-5-17-13-10-14(19-15(18-13)16(2,3)4)21-9-8-12(20-21)11-6-7-11/h8-11H,5-7H2,1-4H3,(H,17,18,19). The largest absolute Gasteiger partial charge is 0.370 e. The van der Waals surface area contributed by atoms with E-state index in [-0.39, 0.29) is 5.41 Å². The molecule has 0 unspecified atom stereocenters. The van der Waals surface area contributed by atoms with Crippen molar-refractivity contribution in [3.63, 3.8) is 0 Å². The molecule has 0 aromatic carbocycles. The lowest BCUT2D eigenvalue weighted by Crippen LogP contribution is -2.19. The highest BCUT2D eigenvalue weighted by atomic mass is 15.3. The third-order valence-corrected chi connectivity index (χ3v) is 3.58. The Morgan fingerprint density at radius 1 is 1.29 bits per heavy atom. The highest BCUT2D eigenvalue weighted by Crippen LogP contribution is 2.39. The molecule has 2 aromatic heterocycles. The summed E-state index contributed by atoms with van der Waals surface area (Å²) in [5.41, 5.74) is 1.09. The van der Waals surface area contributed by atoms with Crippen molar-refractivity contribution in [1.82, 2.24) is 19.7 Å². The molecule has 21 heavy (non-hydrogen) atoms. The third kappa shape index (κ3) is 3.06. The van der Waals surface area contributed by atoms with E-state index >= 15 is 0 Å². The summed E-state index contributed by atoms with van der Waals surface area (Å²) in [6, 6.07) is 4.06. The van der Waals surface area contributed by atoms with Crippen LogP contribution in [0.15, 0.2) is 18.3 Å². The molecule has 1 fully saturated rings.